The van der Waals surface area contributed by atoms with E-state index in [1.54, 1.807) is 54.3 Å². The minimum Gasteiger partial charge on any atom is -0.462 e. The third-order valence-electron chi connectivity index (χ3n) is 6.82. The van der Waals surface area contributed by atoms with Gasteiger partial charge in [-0.25, -0.2) is 4.79 Å². The average Bonchev–Trinajstić information content (AvgIpc) is 2.81. The molecule has 0 radical (unpaired) electrons. The number of ether oxygens (including phenoxy) is 1. The van der Waals surface area contributed by atoms with Crippen LogP contribution >= 0.6 is 11.6 Å². The lowest BCUT2D eigenvalue weighted by molar-refractivity contribution is -0.154. The second kappa shape index (κ2) is 10.6. The number of hydrogen-bond acceptors (Lipinski definition) is 5. The molecule has 2 amide bonds. The van der Waals surface area contributed by atoms with Crippen LogP contribution in [0.2, 0.25) is 5.02 Å². The van der Waals surface area contributed by atoms with E-state index >= 15 is 0 Å². The first-order chi connectivity index (χ1) is 16.8. The van der Waals surface area contributed by atoms with Gasteiger partial charge in [-0.15, -0.1) is 0 Å². The van der Waals surface area contributed by atoms with Crippen molar-refractivity contribution in [2.45, 2.75) is 58.6 Å². The van der Waals surface area contributed by atoms with Crippen LogP contribution in [0.25, 0.3) is 0 Å². The molecule has 2 aromatic carbocycles. The van der Waals surface area contributed by atoms with Crippen LogP contribution < -0.4 is 5.32 Å². The largest absolute Gasteiger partial charge is 0.462 e. The average molecular weight is 515 g/mol. The van der Waals surface area contributed by atoms with Crippen molar-refractivity contribution in [3.63, 3.8) is 0 Å². The summed E-state index contributed by atoms with van der Waals surface area (Å²) in [6, 6.07) is 13.8. The third kappa shape index (κ3) is 5.90. The zero-order valence-electron chi connectivity index (χ0n) is 21.6. The predicted molar refractivity (Wildman–Crippen MR) is 139 cm³/mol. The summed E-state index contributed by atoms with van der Waals surface area (Å²) >= 11 is 6.22. The predicted octanol–water partition coefficient (Wildman–Crippen LogP) is 4.56. The highest BCUT2D eigenvalue weighted by molar-refractivity contribution is 6.33. The number of esters is 1. The lowest BCUT2D eigenvalue weighted by Gasteiger charge is -2.51. The molecule has 194 valence electrons. The minimum atomic E-state index is -1.29. The summed E-state index contributed by atoms with van der Waals surface area (Å²) in [5, 5.41) is 15.0. The van der Waals surface area contributed by atoms with Crippen molar-refractivity contribution in [2.24, 2.45) is 5.41 Å². The van der Waals surface area contributed by atoms with Crippen LogP contribution in [-0.4, -0.2) is 53.0 Å². The molecule has 7 nitrogen and oxygen atoms in total. The van der Waals surface area contributed by atoms with Crippen molar-refractivity contribution in [1.82, 2.24) is 10.2 Å². The van der Waals surface area contributed by atoms with Gasteiger partial charge < -0.3 is 20.1 Å². The Morgan fingerprint density at radius 1 is 1.14 bits per heavy atom. The maximum absolute atomic E-state index is 13.2. The van der Waals surface area contributed by atoms with Crippen molar-refractivity contribution < 1.29 is 24.2 Å². The zero-order chi connectivity index (χ0) is 26.7. The first-order valence-electron chi connectivity index (χ1n) is 12.1. The molecule has 1 heterocycles. The summed E-state index contributed by atoms with van der Waals surface area (Å²) in [6.45, 7) is 10.0. The lowest BCUT2D eigenvalue weighted by atomic mass is 9.66. The van der Waals surface area contributed by atoms with E-state index in [1.807, 2.05) is 33.8 Å². The van der Waals surface area contributed by atoms with Crippen molar-refractivity contribution in [1.29, 1.82) is 0 Å². The molecule has 0 spiro atoms. The SMILES string of the molecule is CCOC(=O)c1cc(C2(O)CCN(C(=O)CC(C)(C)NC(=O)c3ccccc3)CC2(C)C)ccc1Cl. The van der Waals surface area contributed by atoms with Gasteiger partial charge in [-0.2, -0.15) is 0 Å². The van der Waals surface area contributed by atoms with Gasteiger partial charge in [-0.3, -0.25) is 9.59 Å². The Labute approximate surface area is 217 Å². The van der Waals surface area contributed by atoms with E-state index in [0.717, 1.165) is 0 Å². The number of nitrogens with one attached hydrogen (secondary N) is 1. The second-order valence-corrected chi connectivity index (χ2v) is 11.0. The van der Waals surface area contributed by atoms with Gasteiger partial charge in [0.15, 0.2) is 0 Å². The maximum atomic E-state index is 13.2. The molecular weight excluding hydrogens is 480 g/mol. The second-order valence-electron chi connectivity index (χ2n) is 10.6. The molecule has 1 aliphatic heterocycles. The number of halogens is 1. The molecule has 1 saturated heterocycles. The van der Waals surface area contributed by atoms with Crippen LogP contribution in [0.5, 0.6) is 0 Å². The van der Waals surface area contributed by atoms with Crippen LogP contribution in [0, 0.1) is 5.41 Å². The van der Waals surface area contributed by atoms with E-state index in [1.165, 1.54) is 0 Å². The Hall–Kier alpha value is -2.90. The Balaban J connectivity index is 1.73. The fourth-order valence-electron chi connectivity index (χ4n) is 4.72. The highest BCUT2D eigenvalue weighted by Crippen LogP contribution is 2.46. The van der Waals surface area contributed by atoms with E-state index in [-0.39, 0.29) is 41.8 Å². The number of benzene rings is 2. The fourth-order valence-corrected chi connectivity index (χ4v) is 4.92. The number of rotatable bonds is 7. The normalized spacial score (nSPS) is 19.5. The Kier molecular flexibility index (Phi) is 8.16. The van der Waals surface area contributed by atoms with E-state index < -0.39 is 22.5 Å². The van der Waals surface area contributed by atoms with Gasteiger partial charge in [0, 0.05) is 36.0 Å². The number of carbonyl (C=O) groups excluding carboxylic acids is 3. The van der Waals surface area contributed by atoms with Gasteiger partial charge in [-0.1, -0.05) is 49.7 Å². The molecule has 36 heavy (non-hydrogen) atoms. The number of piperidine rings is 1. The van der Waals surface area contributed by atoms with Crippen molar-refractivity contribution in [3.8, 4) is 0 Å². The molecule has 0 saturated carbocycles. The molecule has 3 rings (SSSR count). The van der Waals surface area contributed by atoms with Gasteiger partial charge in [0.2, 0.25) is 5.91 Å². The molecule has 0 aromatic heterocycles. The minimum absolute atomic E-state index is 0.105. The summed E-state index contributed by atoms with van der Waals surface area (Å²) in [4.78, 5) is 39.9. The monoisotopic (exact) mass is 514 g/mol. The molecule has 8 heteroatoms. The molecule has 1 atom stereocenters. The van der Waals surface area contributed by atoms with E-state index in [2.05, 4.69) is 5.32 Å². The number of carbonyl (C=O) groups is 3. The van der Waals surface area contributed by atoms with Gasteiger partial charge in [0.1, 0.15) is 0 Å². The molecule has 1 fully saturated rings. The third-order valence-corrected chi connectivity index (χ3v) is 7.15. The van der Waals surface area contributed by atoms with Crippen LogP contribution in [-0.2, 0) is 15.1 Å². The molecule has 2 N–H and O–H groups in total. The first-order valence-corrected chi connectivity index (χ1v) is 12.5. The first kappa shape index (κ1) is 27.7. The van der Waals surface area contributed by atoms with Crippen molar-refractivity contribution in [3.05, 3.63) is 70.2 Å². The van der Waals surface area contributed by atoms with Crippen LogP contribution in [0.3, 0.4) is 0 Å². The summed E-state index contributed by atoms with van der Waals surface area (Å²) < 4.78 is 5.10. The van der Waals surface area contributed by atoms with Gasteiger partial charge >= 0.3 is 5.97 Å². The number of aliphatic hydroxyl groups is 1. The van der Waals surface area contributed by atoms with E-state index in [0.29, 0.717) is 24.2 Å². The molecule has 1 aliphatic rings. The Morgan fingerprint density at radius 2 is 1.81 bits per heavy atom. The molecule has 0 aliphatic carbocycles. The summed E-state index contributed by atoms with van der Waals surface area (Å²) in [6.07, 6.45) is 0.403. The van der Waals surface area contributed by atoms with Crippen molar-refractivity contribution >= 4 is 29.4 Å². The van der Waals surface area contributed by atoms with Gasteiger partial charge in [-0.05, 0) is 57.0 Å². The highest BCUT2D eigenvalue weighted by Gasteiger charge is 2.50. The van der Waals surface area contributed by atoms with E-state index in [9.17, 15) is 19.5 Å². The molecule has 0 bridgehead atoms. The number of amides is 2. The topological polar surface area (TPSA) is 95.9 Å². The fraction of sp³-hybridized carbons (Fsp3) is 0.464. The van der Waals surface area contributed by atoms with Crippen LogP contribution in [0.1, 0.15) is 73.7 Å². The number of nitrogens with zero attached hydrogens (tertiary/aromatic N) is 1. The highest BCUT2D eigenvalue weighted by atomic mass is 35.5. The lowest BCUT2D eigenvalue weighted by Crippen LogP contribution is -2.58. The summed E-state index contributed by atoms with van der Waals surface area (Å²) in [5.41, 5.74) is -1.47. The smallest absolute Gasteiger partial charge is 0.339 e. The number of hydrogen-bond donors (Lipinski definition) is 2. The quantitative estimate of drug-likeness (QED) is 0.528. The maximum Gasteiger partial charge on any atom is 0.339 e. The van der Waals surface area contributed by atoms with Gasteiger partial charge in [0.05, 0.1) is 22.8 Å². The summed E-state index contributed by atoms with van der Waals surface area (Å²) in [7, 11) is 0. The Morgan fingerprint density at radius 3 is 2.42 bits per heavy atom. The standard InChI is InChI=1S/C28H35ClN2O5/c1-6-36-25(34)21-16-20(12-13-22(21)29)28(35)14-15-31(18-26(28,2)3)23(32)17-27(4,5)30-24(33)19-10-8-7-9-11-19/h7-13,16,35H,6,14-15,17-18H2,1-5H3,(H,30,33). The van der Waals surface area contributed by atoms with Crippen molar-refractivity contribution in [2.75, 3.05) is 19.7 Å². The van der Waals surface area contributed by atoms with Crippen LogP contribution in [0.15, 0.2) is 48.5 Å². The number of likely N-dealkylation sites (tertiary alicyclic amines) is 1. The Bertz CT molecular complexity index is 1130. The van der Waals surface area contributed by atoms with Gasteiger partial charge in [0.25, 0.3) is 5.91 Å². The molecular formula is C28H35ClN2O5. The summed E-state index contributed by atoms with van der Waals surface area (Å²) in [5.74, 6) is -0.883. The van der Waals surface area contributed by atoms with Crippen LogP contribution in [0.4, 0.5) is 0 Å². The molecule has 2 aromatic rings. The zero-order valence-corrected chi connectivity index (χ0v) is 22.3. The van der Waals surface area contributed by atoms with E-state index in [4.69, 9.17) is 16.3 Å². The molecule has 1 unspecified atom stereocenters.